The highest BCUT2D eigenvalue weighted by Gasteiger charge is 2.32. The van der Waals surface area contributed by atoms with E-state index in [1.165, 1.54) is 10.8 Å². The summed E-state index contributed by atoms with van der Waals surface area (Å²) in [4.78, 5) is 25.6. The molecule has 6 nitrogen and oxygen atoms in total. The second-order valence-electron chi connectivity index (χ2n) is 4.77. The van der Waals surface area contributed by atoms with E-state index >= 15 is 0 Å². The van der Waals surface area contributed by atoms with E-state index < -0.39 is 23.6 Å². The first kappa shape index (κ1) is 12.8. The highest BCUT2D eigenvalue weighted by Crippen LogP contribution is 2.38. The number of benzene rings is 1. The SMILES string of the molecule is Cc1cn([C@@H]2O[C@@H](CO)c3ccccc32)c(=O)[nH]c1=O. The van der Waals surface area contributed by atoms with Crippen LogP contribution in [-0.2, 0) is 4.74 Å². The molecular formula is C14H14N2O4. The number of nitrogens with zero attached hydrogens (tertiary/aromatic N) is 1. The predicted molar refractivity (Wildman–Crippen MR) is 71.6 cm³/mol. The molecule has 2 atom stereocenters. The molecule has 104 valence electrons. The molecule has 2 N–H and O–H groups in total. The van der Waals surface area contributed by atoms with Gasteiger partial charge >= 0.3 is 5.69 Å². The van der Waals surface area contributed by atoms with Crippen LogP contribution in [0.2, 0.25) is 0 Å². The van der Waals surface area contributed by atoms with Crippen LogP contribution in [0.1, 0.15) is 29.0 Å². The lowest BCUT2D eigenvalue weighted by molar-refractivity contribution is -0.0342. The number of rotatable bonds is 2. The number of aromatic amines is 1. The Balaban J connectivity index is 2.16. The Morgan fingerprint density at radius 3 is 2.70 bits per heavy atom. The van der Waals surface area contributed by atoms with Gasteiger partial charge in [0.25, 0.3) is 5.56 Å². The number of ether oxygens (including phenoxy) is 1. The topological polar surface area (TPSA) is 84.3 Å². The van der Waals surface area contributed by atoms with Crippen molar-refractivity contribution < 1.29 is 9.84 Å². The Morgan fingerprint density at radius 1 is 1.30 bits per heavy atom. The number of aryl methyl sites for hydroxylation is 1. The Kier molecular flexibility index (Phi) is 3.04. The number of aromatic nitrogens is 2. The van der Waals surface area contributed by atoms with Crippen molar-refractivity contribution in [2.24, 2.45) is 0 Å². The van der Waals surface area contributed by atoms with Crippen molar-refractivity contribution in [1.29, 1.82) is 0 Å². The standard InChI is InChI=1S/C14H14N2O4/c1-8-6-16(14(19)15-12(8)18)13-10-5-3-2-4-9(10)11(7-17)20-13/h2-6,11,13,17H,7H2,1H3,(H,15,18,19)/t11-,13+/m0/s1. The fourth-order valence-corrected chi connectivity index (χ4v) is 2.45. The maximum atomic E-state index is 11.9. The van der Waals surface area contributed by atoms with E-state index in [-0.39, 0.29) is 6.61 Å². The lowest BCUT2D eigenvalue weighted by Gasteiger charge is -2.16. The third kappa shape index (κ3) is 1.90. The zero-order valence-electron chi connectivity index (χ0n) is 10.9. The molecule has 0 spiro atoms. The molecule has 20 heavy (non-hydrogen) atoms. The van der Waals surface area contributed by atoms with Crippen molar-refractivity contribution in [1.82, 2.24) is 9.55 Å². The summed E-state index contributed by atoms with van der Waals surface area (Å²) in [6.45, 7) is 1.46. The number of H-pyrrole nitrogens is 1. The number of aliphatic hydroxyl groups is 1. The lowest BCUT2D eigenvalue weighted by atomic mass is 10.0. The summed E-state index contributed by atoms with van der Waals surface area (Å²) in [6, 6.07) is 7.41. The van der Waals surface area contributed by atoms with Crippen molar-refractivity contribution in [2.75, 3.05) is 6.61 Å². The van der Waals surface area contributed by atoms with Gasteiger partial charge in [-0.2, -0.15) is 0 Å². The van der Waals surface area contributed by atoms with Crippen molar-refractivity contribution in [2.45, 2.75) is 19.3 Å². The van der Waals surface area contributed by atoms with Crippen LogP contribution in [0.3, 0.4) is 0 Å². The molecule has 0 saturated carbocycles. The minimum Gasteiger partial charge on any atom is -0.393 e. The van der Waals surface area contributed by atoms with Gasteiger partial charge in [0.05, 0.1) is 6.61 Å². The largest absolute Gasteiger partial charge is 0.393 e. The molecule has 0 aliphatic carbocycles. The van der Waals surface area contributed by atoms with Crippen LogP contribution in [-0.4, -0.2) is 21.3 Å². The van der Waals surface area contributed by atoms with Crippen LogP contribution in [0, 0.1) is 6.92 Å². The van der Waals surface area contributed by atoms with E-state index in [2.05, 4.69) is 4.98 Å². The molecule has 2 aromatic rings. The third-order valence-electron chi connectivity index (χ3n) is 3.47. The average molecular weight is 274 g/mol. The molecule has 0 fully saturated rings. The number of nitrogens with one attached hydrogen (secondary N) is 1. The van der Waals surface area contributed by atoms with Crippen LogP contribution >= 0.6 is 0 Å². The van der Waals surface area contributed by atoms with Gasteiger partial charge in [-0.1, -0.05) is 24.3 Å². The third-order valence-corrected chi connectivity index (χ3v) is 3.47. The van der Waals surface area contributed by atoms with E-state index in [1.807, 2.05) is 24.3 Å². The van der Waals surface area contributed by atoms with E-state index in [9.17, 15) is 14.7 Å². The second-order valence-corrected chi connectivity index (χ2v) is 4.77. The molecule has 1 aliphatic rings. The Hall–Kier alpha value is -2.18. The van der Waals surface area contributed by atoms with Crippen molar-refractivity contribution >= 4 is 0 Å². The maximum absolute atomic E-state index is 11.9. The molecular weight excluding hydrogens is 260 g/mol. The fourth-order valence-electron chi connectivity index (χ4n) is 2.45. The Morgan fingerprint density at radius 2 is 2.00 bits per heavy atom. The lowest BCUT2D eigenvalue weighted by Crippen LogP contribution is -2.33. The highest BCUT2D eigenvalue weighted by atomic mass is 16.5. The zero-order chi connectivity index (χ0) is 14.3. The minimum atomic E-state index is -0.633. The smallest absolute Gasteiger partial charge is 0.330 e. The summed E-state index contributed by atoms with van der Waals surface area (Å²) in [6.07, 6.45) is 0.379. The van der Waals surface area contributed by atoms with Gasteiger partial charge in [0.2, 0.25) is 0 Å². The molecule has 0 saturated heterocycles. The van der Waals surface area contributed by atoms with E-state index in [0.717, 1.165) is 11.1 Å². The first-order valence-electron chi connectivity index (χ1n) is 6.29. The summed E-state index contributed by atoms with van der Waals surface area (Å²) in [5.41, 5.74) is 1.17. The number of hydrogen-bond acceptors (Lipinski definition) is 4. The summed E-state index contributed by atoms with van der Waals surface area (Å²) < 4.78 is 7.07. The molecule has 1 aromatic heterocycles. The van der Waals surface area contributed by atoms with Crippen LogP contribution in [0.25, 0.3) is 0 Å². The van der Waals surface area contributed by atoms with Gasteiger partial charge in [-0.15, -0.1) is 0 Å². The highest BCUT2D eigenvalue weighted by molar-refractivity contribution is 5.34. The zero-order valence-corrected chi connectivity index (χ0v) is 10.9. The monoisotopic (exact) mass is 274 g/mol. The van der Waals surface area contributed by atoms with E-state index in [1.54, 1.807) is 6.92 Å². The van der Waals surface area contributed by atoms with Crippen molar-refractivity contribution in [3.05, 3.63) is 68.0 Å². The van der Waals surface area contributed by atoms with Gasteiger partial charge in [-0.05, 0) is 12.5 Å². The Labute approximate surface area is 114 Å². The van der Waals surface area contributed by atoms with Crippen LogP contribution in [0.4, 0.5) is 0 Å². The van der Waals surface area contributed by atoms with Crippen LogP contribution in [0.5, 0.6) is 0 Å². The van der Waals surface area contributed by atoms with Gasteiger partial charge in [0, 0.05) is 17.3 Å². The van der Waals surface area contributed by atoms with Crippen molar-refractivity contribution in [3.63, 3.8) is 0 Å². The molecule has 1 aliphatic heterocycles. The van der Waals surface area contributed by atoms with E-state index in [0.29, 0.717) is 5.56 Å². The Bertz CT molecular complexity index is 762. The first-order chi connectivity index (χ1) is 9.61. The van der Waals surface area contributed by atoms with Gasteiger partial charge in [-0.3, -0.25) is 14.3 Å². The minimum absolute atomic E-state index is 0.162. The fraction of sp³-hybridized carbons (Fsp3) is 0.286. The van der Waals surface area contributed by atoms with Gasteiger partial charge < -0.3 is 9.84 Å². The van der Waals surface area contributed by atoms with Gasteiger partial charge in [-0.25, -0.2) is 4.79 Å². The molecule has 0 amide bonds. The molecule has 0 radical (unpaired) electrons. The van der Waals surface area contributed by atoms with Crippen LogP contribution < -0.4 is 11.2 Å². The average Bonchev–Trinajstić information content (AvgIpc) is 2.82. The molecule has 6 heteroatoms. The molecule has 1 aromatic carbocycles. The molecule has 3 rings (SSSR count). The van der Waals surface area contributed by atoms with E-state index in [4.69, 9.17) is 4.74 Å². The molecule has 0 bridgehead atoms. The summed E-state index contributed by atoms with van der Waals surface area (Å²) in [5.74, 6) is 0. The normalized spacial score (nSPS) is 20.9. The van der Waals surface area contributed by atoms with Crippen molar-refractivity contribution in [3.8, 4) is 0 Å². The summed E-state index contributed by atoms with van der Waals surface area (Å²) >= 11 is 0. The predicted octanol–water partition coefficient (Wildman–Crippen LogP) is 0.456. The maximum Gasteiger partial charge on any atom is 0.330 e. The quantitative estimate of drug-likeness (QED) is 0.833. The van der Waals surface area contributed by atoms with Crippen LogP contribution in [0.15, 0.2) is 40.1 Å². The first-order valence-corrected chi connectivity index (χ1v) is 6.29. The molecule has 0 unspecified atom stereocenters. The van der Waals surface area contributed by atoms with Gasteiger partial charge in [0.15, 0.2) is 6.23 Å². The second kappa shape index (κ2) is 4.73. The molecule has 2 heterocycles. The summed E-state index contributed by atoms with van der Waals surface area (Å²) in [7, 11) is 0. The van der Waals surface area contributed by atoms with Gasteiger partial charge in [0.1, 0.15) is 6.10 Å². The number of aliphatic hydroxyl groups excluding tert-OH is 1. The number of fused-ring (bicyclic) bond motifs is 1. The summed E-state index contributed by atoms with van der Waals surface area (Å²) in [5, 5.41) is 9.38. The number of hydrogen-bond donors (Lipinski definition) is 2.